The predicted octanol–water partition coefficient (Wildman–Crippen LogP) is 5.30. The van der Waals surface area contributed by atoms with Crippen molar-refractivity contribution >= 4 is 28.2 Å². The number of carbonyl (C=O) groups excluding carboxylic acids is 2. The van der Waals surface area contributed by atoms with Crippen molar-refractivity contribution in [1.29, 1.82) is 0 Å². The smallest absolute Gasteiger partial charge is 0.295 e. The summed E-state index contributed by atoms with van der Waals surface area (Å²) in [6, 6.07) is 16.8. The topological polar surface area (TPSA) is 66.8 Å². The van der Waals surface area contributed by atoms with E-state index in [9.17, 15) is 14.7 Å². The zero-order valence-electron chi connectivity index (χ0n) is 18.8. The fraction of sp³-hybridized carbons (Fsp3) is 0.259. The summed E-state index contributed by atoms with van der Waals surface area (Å²) in [4.78, 5) is 27.9. The van der Waals surface area contributed by atoms with Crippen molar-refractivity contribution in [3.8, 4) is 5.75 Å². The van der Waals surface area contributed by atoms with Crippen LogP contribution in [0.1, 0.15) is 41.6 Å². The van der Waals surface area contributed by atoms with Crippen LogP contribution in [0, 0.1) is 13.8 Å². The minimum Gasteiger partial charge on any atom is -0.507 e. The fourth-order valence-corrected chi connectivity index (χ4v) is 4.71. The van der Waals surface area contributed by atoms with E-state index in [4.69, 9.17) is 4.74 Å². The Morgan fingerprint density at radius 1 is 1.06 bits per heavy atom. The molecule has 0 aromatic heterocycles. The number of rotatable bonds is 5. The van der Waals surface area contributed by atoms with Gasteiger partial charge in [-0.15, -0.1) is 0 Å². The van der Waals surface area contributed by atoms with Gasteiger partial charge < -0.3 is 14.7 Å². The number of aliphatic hydroxyl groups is 1. The molecule has 32 heavy (non-hydrogen) atoms. The number of hydrogen-bond acceptors (Lipinski definition) is 4. The van der Waals surface area contributed by atoms with Crippen LogP contribution in [0.15, 0.2) is 60.2 Å². The fourth-order valence-electron chi connectivity index (χ4n) is 4.71. The monoisotopic (exact) mass is 429 g/mol. The second kappa shape index (κ2) is 8.50. The molecule has 5 heteroatoms. The third-order valence-corrected chi connectivity index (χ3v) is 6.00. The van der Waals surface area contributed by atoms with E-state index in [1.807, 2.05) is 69.3 Å². The van der Waals surface area contributed by atoms with Gasteiger partial charge in [-0.1, -0.05) is 55.5 Å². The lowest BCUT2D eigenvalue weighted by atomic mass is 9.91. The molecule has 0 saturated carbocycles. The summed E-state index contributed by atoms with van der Waals surface area (Å²) in [7, 11) is 1.53. The van der Waals surface area contributed by atoms with E-state index in [1.54, 1.807) is 11.0 Å². The van der Waals surface area contributed by atoms with Gasteiger partial charge in [-0.05, 0) is 53.8 Å². The number of benzene rings is 3. The summed E-state index contributed by atoms with van der Waals surface area (Å²) < 4.78 is 5.56. The molecule has 3 aromatic carbocycles. The zero-order valence-corrected chi connectivity index (χ0v) is 18.8. The van der Waals surface area contributed by atoms with Crippen LogP contribution >= 0.6 is 0 Å². The predicted molar refractivity (Wildman–Crippen MR) is 126 cm³/mol. The molecule has 3 aromatic rings. The van der Waals surface area contributed by atoms with Crippen LogP contribution < -0.4 is 4.74 Å². The SMILES string of the molecule is CCCN1C(=O)C(=O)/C(=C(/O)c2cc(C)cc(C)c2OC)C1c1cccc2ccccc12. The second-order valence-corrected chi connectivity index (χ2v) is 8.22. The number of amides is 1. The number of aliphatic hydroxyl groups excluding tert-OH is 1. The highest BCUT2D eigenvalue weighted by atomic mass is 16.5. The largest absolute Gasteiger partial charge is 0.507 e. The normalized spacial score (nSPS) is 17.9. The van der Waals surface area contributed by atoms with Gasteiger partial charge >= 0.3 is 0 Å². The number of fused-ring (bicyclic) bond motifs is 1. The van der Waals surface area contributed by atoms with Gasteiger partial charge in [-0.25, -0.2) is 0 Å². The van der Waals surface area contributed by atoms with Gasteiger partial charge in [0.2, 0.25) is 0 Å². The molecule has 1 N–H and O–H groups in total. The van der Waals surface area contributed by atoms with E-state index in [0.717, 1.165) is 27.5 Å². The molecule has 1 amide bonds. The van der Waals surface area contributed by atoms with Gasteiger partial charge in [0.15, 0.2) is 0 Å². The van der Waals surface area contributed by atoms with Crippen molar-refractivity contribution < 1.29 is 19.4 Å². The highest BCUT2D eigenvalue weighted by molar-refractivity contribution is 6.46. The van der Waals surface area contributed by atoms with E-state index in [0.29, 0.717) is 24.3 Å². The molecule has 0 aliphatic carbocycles. The van der Waals surface area contributed by atoms with Crippen molar-refractivity contribution in [2.45, 2.75) is 33.2 Å². The van der Waals surface area contributed by atoms with Gasteiger partial charge in [-0.3, -0.25) is 9.59 Å². The van der Waals surface area contributed by atoms with Crippen molar-refractivity contribution in [3.05, 3.63) is 82.4 Å². The Balaban J connectivity index is 2.03. The third-order valence-electron chi connectivity index (χ3n) is 6.00. The first-order valence-electron chi connectivity index (χ1n) is 10.8. The molecule has 0 bridgehead atoms. The highest BCUT2D eigenvalue weighted by Gasteiger charge is 2.46. The van der Waals surface area contributed by atoms with Crippen LogP contribution in [0.25, 0.3) is 16.5 Å². The summed E-state index contributed by atoms with van der Waals surface area (Å²) in [5.41, 5.74) is 3.11. The summed E-state index contributed by atoms with van der Waals surface area (Å²) in [5, 5.41) is 13.4. The third kappa shape index (κ3) is 3.44. The average Bonchev–Trinajstić information content (AvgIpc) is 3.03. The number of ketones is 1. The van der Waals surface area contributed by atoms with E-state index in [-0.39, 0.29) is 11.3 Å². The number of aryl methyl sites for hydroxylation is 2. The van der Waals surface area contributed by atoms with Gasteiger partial charge in [0.1, 0.15) is 11.5 Å². The number of Topliss-reactive ketones (excluding diaryl/α,β-unsaturated/α-hetero) is 1. The second-order valence-electron chi connectivity index (χ2n) is 8.22. The van der Waals surface area contributed by atoms with Gasteiger partial charge in [-0.2, -0.15) is 0 Å². The van der Waals surface area contributed by atoms with Crippen LogP contribution in [0.4, 0.5) is 0 Å². The first kappa shape index (κ1) is 21.6. The van der Waals surface area contributed by atoms with Crippen LogP contribution in [0.2, 0.25) is 0 Å². The van der Waals surface area contributed by atoms with Gasteiger partial charge in [0.05, 0.1) is 24.3 Å². The van der Waals surface area contributed by atoms with Crippen LogP contribution in [-0.4, -0.2) is 35.4 Å². The lowest BCUT2D eigenvalue weighted by molar-refractivity contribution is -0.139. The summed E-state index contributed by atoms with van der Waals surface area (Å²) in [5.74, 6) is -0.972. The Bertz CT molecular complexity index is 1250. The maximum absolute atomic E-state index is 13.2. The molecule has 1 unspecified atom stereocenters. The molecular formula is C27H27NO4. The molecule has 1 aliphatic heterocycles. The molecule has 1 saturated heterocycles. The Hall–Kier alpha value is -3.60. The van der Waals surface area contributed by atoms with Crippen LogP contribution in [-0.2, 0) is 9.59 Å². The molecule has 0 radical (unpaired) electrons. The standard InChI is InChI=1S/C27H27NO4/c1-5-13-28-23(20-12-8-10-18-9-6-7-11-19(18)20)22(25(30)27(28)31)24(29)21-15-16(2)14-17(3)26(21)32-4/h6-12,14-15,23,29H,5,13H2,1-4H3/b24-22+. The van der Waals surface area contributed by atoms with E-state index >= 15 is 0 Å². The zero-order chi connectivity index (χ0) is 23.0. The van der Waals surface area contributed by atoms with Crippen LogP contribution in [0.5, 0.6) is 5.75 Å². The van der Waals surface area contributed by atoms with Crippen molar-refractivity contribution in [1.82, 2.24) is 4.90 Å². The van der Waals surface area contributed by atoms with E-state index in [1.165, 1.54) is 7.11 Å². The average molecular weight is 430 g/mol. The number of carbonyl (C=O) groups is 2. The molecular weight excluding hydrogens is 402 g/mol. The Morgan fingerprint density at radius 2 is 1.78 bits per heavy atom. The Labute approximate surface area is 187 Å². The van der Waals surface area contributed by atoms with E-state index in [2.05, 4.69) is 0 Å². The van der Waals surface area contributed by atoms with Crippen molar-refractivity contribution in [3.63, 3.8) is 0 Å². The highest BCUT2D eigenvalue weighted by Crippen LogP contribution is 2.43. The molecule has 0 spiro atoms. The first-order valence-corrected chi connectivity index (χ1v) is 10.8. The minimum atomic E-state index is -0.674. The van der Waals surface area contributed by atoms with E-state index < -0.39 is 17.7 Å². The number of likely N-dealkylation sites (tertiary alicyclic amines) is 1. The quantitative estimate of drug-likeness (QED) is 0.340. The van der Waals surface area contributed by atoms with Crippen molar-refractivity contribution in [2.75, 3.05) is 13.7 Å². The summed E-state index contributed by atoms with van der Waals surface area (Å²) >= 11 is 0. The maximum Gasteiger partial charge on any atom is 0.295 e. The summed E-state index contributed by atoms with van der Waals surface area (Å²) in [6.07, 6.45) is 0.696. The maximum atomic E-state index is 13.2. The van der Waals surface area contributed by atoms with Crippen LogP contribution in [0.3, 0.4) is 0 Å². The molecule has 4 rings (SSSR count). The minimum absolute atomic E-state index is 0.100. The molecule has 5 nitrogen and oxygen atoms in total. The molecule has 1 aliphatic rings. The van der Waals surface area contributed by atoms with Gasteiger partial charge in [0.25, 0.3) is 11.7 Å². The molecule has 1 heterocycles. The molecule has 1 atom stereocenters. The number of ether oxygens (including phenoxy) is 1. The lowest BCUT2D eigenvalue weighted by Gasteiger charge is -2.26. The Kier molecular flexibility index (Phi) is 5.74. The summed E-state index contributed by atoms with van der Waals surface area (Å²) in [6.45, 7) is 6.19. The molecule has 1 fully saturated rings. The number of hydrogen-bond donors (Lipinski definition) is 1. The van der Waals surface area contributed by atoms with Crippen molar-refractivity contribution in [2.24, 2.45) is 0 Å². The lowest BCUT2D eigenvalue weighted by Crippen LogP contribution is -2.30. The Morgan fingerprint density at radius 3 is 2.50 bits per heavy atom. The van der Waals surface area contributed by atoms with Gasteiger partial charge in [0, 0.05) is 6.54 Å². The number of nitrogens with zero attached hydrogens (tertiary/aromatic N) is 1. The molecule has 164 valence electrons. The first-order chi connectivity index (χ1) is 15.4. The number of methoxy groups -OCH3 is 1.